The van der Waals surface area contributed by atoms with E-state index >= 15 is 0 Å². The second-order valence-electron chi connectivity index (χ2n) is 8.99. The lowest BCUT2D eigenvalue weighted by Crippen LogP contribution is -2.21. The first-order valence-electron chi connectivity index (χ1n) is 13.3. The van der Waals surface area contributed by atoms with Crippen LogP contribution < -0.4 is 26.8 Å². The van der Waals surface area contributed by atoms with Gasteiger partial charge in [0.05, 0.1) is 18.6 Å². The largest absolute Gasteiger partial charge is 0.573 e. The highest BCUT2D eigenvalue weighted by atomic mass is 32.1. The maximum atomic E-state index is 11.9. The smallest absolute Gasteiger partial charge is 0.475 e. The van der Waals surface area contributed by atoms with E-state index in [1.807, 2.05) is 6.08 Å². The van der Waals surface area contributed by atoms with Gasteiger partial charge >= 0.3 is 18.5 Å². The summed E-state index contributed by atoms with van der Waals surface area (Å²) in [5.74, 6) is -2.64. The molecule has 0 bridgehead atoms. The first-order valence-corrected chi connectivity index (χ1v) is 14.1. The number of carbonyl (C=O) groups is 3. The second kappa shape index (κ2) is 20.1. The number of halogens is 6. The lowest BCUT2D eigenvalue weighted by atomic mass is 10.1. The molecule has 3 aromatic rings. The predicted molar refractivity (Wildman–Crippen MR) is 159 cm³/mol. The number of H-pyrrole nitrogens is 1. The number of carbonyl (C=O) groups excluding carboxylic acids is 2. The van der Waals surface area contributed by atoms with Crippen LogP contribution in [-0.4, -0.2) is 63.0 Å². The van der Waals surface area contributed by atoms with Crippen molar-refractivity contribution in [3.8, 4) is 5.75 Å². The van der Waals surface area contributed by atoms with Crippen LogP contribution in [-0.2, 0) is 33.6 Å². The molecule has 13 nitrogen and oxygen atoms in total. The molecule has 8 N–H and O–H groups in total. The number of hydrogen-bond acceptors (Lipinski definition) is 11. The molecule has 3 rings (SSSR count). The van der Waals surface area contributed by atoms with Gasteiger partial charge in [-0.25, -0.2) is 9.78 Å². The number of hydrogen-bond donors (Lipinski definition) is 6. The van der Waals surface area contributed by atoms with Crippen LogP contribution in [0.2, 0.25) is 0 Å². The molecule has 20 heteroatoms. The van der Waals surface area contributed by atoms with E-state index in [9.17, 15) is 35.9 Å². The molecule has 1 aromatic carbocycles. The molecule has 0 saturated carbocycles. The Morgan fingerprint density at radius 2 is 1.81 bits per heavy atom. The van der Waals surface area contributed by atoms with Crippen molar-refractivity contribution in [2.24, 2.45) is 11.5 Å². The van der Waals surface area contributed by atoms with E-state index in [1.54, 1.807) is 31.7 Å². The highest BCUT2D eigenvalue weighted by Gasteiger charge is 2.38. The van der Waals surface area contributed by atoms with Crippen LogP contribution in [0.3, 0.4) is 0 Å². The number of benzene rings is 1. The number of nitrogens with two attached hydrogens (primary N) is 2. The number of aldehydes is 1. The molecule has 0 unspecified atom stereocenters. The Morgan fingerprint density at radius 1 is 1.11 bits per heavy atom. The van der Waals surface area contributed by atoms with Crippen molar-refractivity contribution in [2.75, 3.05) is 12.4 Å². The minimum absolute atomic E-state index is 0.0784. The second-order valence-corrected chi connectivity index (χ2v) is 10.1. The molecule has 1 amide bonds. The highest BCUT2D eigenvalue weighted by molar-refractivity contribution is 7.15. The van der Waals surface area contributed by atoms with Crippen LogP contribution in [0.5, 0.6) is 5.75 Å². The van der Waals surface area contributed by atoms with Crippen molar-refractivity contribution in [3.05, 3.63) is 76.7 Å². The van der Waals surface area contributed by atoms with Gasteiger partial charge in [0.15, 0.2) is 0 Å². The molecule has 0 saturated heterocycles. The lowest BCUT2D eigenvalue weighted by Gasteiger charge is -2.08. The summed E-state index contributed by atoms with van der Waals surface area (Å²) < 4.78 is 70.7. The standard InChI is InChI=1S/C16H24N8OS.C9H7F3O2.C2HF3O2/c1-19-13(18)7-6-11(17)4-2-3-5-15-23-24-16(26-15)22-14(25)8-12-9-20-10-21-12;10-9(11,12)14-8-3-1-2-7(6-8)4-5-13;3-2(4,5)1(6)7/h6-7,9-10,19H,2-5,8,17-18H2,1H3,(H,20,21)(H,22,24,25);1-3,5-6H,4H2;(H,6,7)/b11-6-,13-7+;;. The SMILES string of the molecule is CN/C(N)=C/C=C(\N)CCCCc1nnc(NC(=O)Cc2cnc[nH]2)s1.O=C(O)C(F)(F)F.O=CCc1cccc(OC(F)(F)F)c1. The van der Waals surface area contributed by atoms with Crippen molar-refractivity contribution in [1.29, 1.82) is 0 Å². The number of carboxylic acids is 1. The highest BCUT2D eigenvalue weighted by Crippen LogP contribution is 2.23. The van der Waals surface area contributed by atoms with Gasteiger partial charge in [0.25, 0.3) is 0 Å². The Morgan fingerprint density at radius 3 is 2.38 bits per heavy atom. The Balaban J connectivity index is 0.000000437. The molecule has 258 valence electrons. The van der Waals surface area contributed by atoms with Gasteiger partial charge in [-0.1, -0.05) is 23.5 Å². The molecule has 0 aliphatic rings. The van der Waals surface area contributed by atoms with Crippen LogP contribution in [0.4, 0.5) is 31.5 Å². The predicted octanol–water partition coefficient (Wildman–Crippen LogP) is 3.98. The van der Waals surface area contributed by atoms with Crippen molar-refractivity contribution < 1.29 is 50.6 Å². The number of anilines is 1. The number of aromatic nitrogens is 4. The number of aryl methyl sites for hydroxylation is 1. The molecule has 0 aliphatic carbocycles. The zero-order chi connectivity index (χ0) is 35.5. The number of allylic oxidation sites excluding steroid dienone is 3. The van der Waals surface area contributed by atoms with Gasteiger partial charge in [-0.3, -0.25) is 4.79 Å². The summed E-state index contributed by atoms with van der Waals surface area (Å²) in [6.45, 7) is 0. The third kappa shape index (κ3) is 19.1. The monoisotopic (exact) mass is 694 g/mol. The Hall–Kier alpha value is -5.14. The Labute approximate surface area is 268 Å². The number of aliphatic carboxylic acids is 1. The zero-order valence-corrected chi connectivity index (χ0v) is 25.5. The molecule has 0 spiro atoms. The molecule has 0 radical (unpaired) electrons. The van der Waals surface area contributed by atoms with Gasteiger partial charge in [-0.05, 0) is 49.1 Å². The normalized spacial score (nSPS) is 11.7. The average Bonchev–Trinajstić information content (AvgIpc) is 3.66. The molecule has 2 aromatic heterocycles. The number of nitrogens with zero attached hydrogens (tertiary/aromatic N) is 3. The third-order valence-corrected chi connectivity index (χ3v) is 6.08. The quantitative estimate of drug-likeness (QED) is 0.0652. The maximum Gasteiger partial charge on any atom is 0.573 e. The molecular formula is C27H32F6N8O5S. The van der Waals surface area contributed by atoms with E-state index < -0.39 is 18.5 Å². The van der Waals surface area contributed by atoms with Crippen molar-refractivity contribution in [3.63, 3.8) is 0 Å². The molecular weight excluding hydrogens is 662 g/mol. The maximum absolute atomic E-state index is 11.9. The Bertz CT molecular complexity index is 1460. The molecule has 2 heterocycles. The number of imidazole rings is 1. The number of rotatable bonds is 13. The summed E-state index contributed by atoms with van der Waals surface area (Å²) in [6.07, 6.45) is 1.34. The minimum Gasteiger partial charge on any atom is -0.475 e. The first-order chi connectivity index (χ1) is 22.0. The van der Waals surface area contributed by atoms with E-state index in [2.05, 4.69) is 35.5 Å². The number of nitrogens with one attached hydrogen (secondary N) is 3. The van der Waals surface area contributed by atoms with Crippen LogP contribution >= 0.6 is 11.3 Å². The number of carboxylic acid groups (broad SMARTS) is 1. The van der Waals surface area contributed by atoms with Gasteiger partial charge in [0.2, 0.25) is 11.0 Å². The minimum atomic E-state index is -5.08. The first kappa shape index (κ1) is 39.9. The summed E-state index contributed by atoms with van der Waals surface area (Å²) in [6, 6.07) is 5.32. The summed E-state index contributed by atoms with van der Waals surface area (Å²) >= 11 is 1.39. The van der Waals surface area contributed by atoms with Crippen LogP contribution in [0.1, 0.15) is 35.5 Å². The number of alkyl halides is 6. The van der Waals surface area contributed by atoms with Gasteiger partial charge < -0.3 is 41.7 Å². The van der Waals surface area contributed by atoms with Crippen LogP contribution in [0.15, 0.2) is 60.5 Å². The third-order valence-electron chi connectivity index (χ3n) is 5.18. The fraction of sp³-hybridized carbons (Fsp3) is 0.333. The van der Waals surface area contributed by atoms with Gasteiger partial charge in [-0.2, -0.15) is 13.2 Å². The lowest BCUT2D eigenvalue weighted by molar-refractivity contribution is -0.274. The van der Waals surface area contributed by atoms with Crippen molar-refractivity contribution in [1.82, 2.24) is 25.5 Å². The molecule has 0 atom stereocenters. The number of amides is 1. The van der Waals surface area contributed by atoms with Crippen molar-refractivity contribution in [2.45, 2.75) is 51.1 Å². The molecule has 0 aliphatic heterocycles. The van der Waals surface area contributed by atoms with E-state index in [0.29, 0.717) is 22.8 Å². The number of ether oxygens (including phenoxy) is 1. The number of unbranched alkanes of at least 4 members (excludes halogenated alkanes) is 1. The fourth-order valence-corrected chi connectivity index (χ4v) is 3.86. The average molecular weight is 695 g/mol. The summed E-state index contributed by atoms with van der Waals surface area (Å²) in [7, 11) is 1.76. The Kier molecular flexibility index (Phi) is 17.0. The van der Waals surface area contributed by atoms with E-state index in [1.165, 1.54) is 29.5 Å². The molecule has 0 fully saturated rings. The van der Waals surface area contributed by atoms with Crippen molar-refractivity contribution >= 4 is 34.6 Å². The van der Waals surface area contributed by atoms with Gasteiger partial charge in [0, 0.05) is 37.5 Å². The zero-order valence-electron chi connectivity index (χ0n) is 24.7. The summed E-state index contributed by atoms with van der Waals surface area (Å²) in [5.41, 5.74) is 13.6. The summed E-state index contributed by atoms with van der Waals surface area (Å²) in [4.78, 5) is 37.7. The van der Waals surface area contributed by atoms with Crippen LogP contribution in [0.25, 0.3) is 0 Å². The summed E-state index contributed by atoms with van der Waals surface area (Å²) in [5, 5.41) is 22.2. The van der Waals surface area contributed by atoms with Crippen LogP contribution in [0, 0.1) is 0 Å². The topological polar surface area (TPSA) is 211 Å². The van der Waals surface area contributed by atoms with Gasteiger partial charge in [0.1, 0.15) is 17.0 Å². The van der Waals surface area contributed by atoms with E-state index in [4.69, 9.17) is 21.4 Å². The van der Waals surface area contributed by atoms with E-state index in [0.717, 1.165) is 42.1 Å². The van der Waals surface area contributed by atoms with Gasteiger partial charge in [-0.15, -0.1) is 23.4 Å². The molecule has 47 heavy (non-hydrogen) atoms. The van der Waals surface area contributed by atoms with E-state index in [-0.39, 0.29) is 24.5 Å². The number of aromatic amines is 1. The fourth-order valence-electron chi connectivity index (χ4n) is 3.06.